The second-order valence-electron chi connectivity index (χ2n) is 6.85. The zero-order valence-corrected chi connectivity index (χ0v) is 17.4. The van der Waals surface area contributed by atoms with Crippen molar-refractivity contribution in [3.05, 3.63) is 59.7 Å². The summed E-state index contributed by atoms with van der Waals surface area (Å²) in [6, 6.07) is 15.3. The van der Waals surface area contributed by atoms with E-state index in [-0.39, 0.29) is 18.2 Å². The fourth-order valence-electron chi connectivity index (χ4n) is 2.61. The first-order chi connectivity index (χ1) is 13.9. The molecule has 8 heteroatoms. The number of nitrogens with zero attached hydrogens (tertiary/aromatic N) is 3. The lowest BCUT2D eigenvalue weighted by Crippen LogP contribution is -2.41. The lowest BCUT2D eigenvalue weighted by molar-refractivity contribution is -0.123. The van der Waals surface area contributed by atoms with Crippen molar-refractivity contribution in [2.75, 3.05) is 24.3 Å². The van der Waals surface area contributed by atoms with Crippen molar-refractivity contribution in [3.63, 3.8) is 0 Å². The number of hydrogen-bond donors (Lipinski definition) is 2. The van der Waals surface area contributed by atoms with Crippen molar-refractivity contribution in [2.45, 2.75) is 18.6 Å². The first-order valence-electron chi connectivity index (χ1n) is 9.13. The summed E-state index contributed by atoms with van der Waals surface area (Å²) in [5.41, 5.74) is 3.79. The number of anilines is 2. The number of nitrogens with one attached hydrogen (secondary N) is 2. The van der Waals surface area contributed by atoms with Gasteiger partial charge >= 0.3 is 0 Å². The number of amidine groups is 1. The number of aryl methyl sites for hydroxylation is 1. The minimum atomic E-state index is -0.557. The minimum absolute atomic E-state index is 0.0943. The molecule has 1 atom stereocenters. The number of benzene rings is 2. The third kappa shape index (κ3) is 5.92. The van der Waals surface area contributed by atoms with Gasteiger partial charge in [-0.2, -0.15) is 5.10 Å². The van der Waals surface area contributed by atoms with Crippen molar-refractivity contribution < 1.29 is 9.59 Å². The maximum atomic E-state index is 12.5. The first kappa shape index (κ1) is 20.6. The summed E-state index contributed by atoms with van der Waals surface area (Å²) >= 11 is 1.19. The smallest absolute Gasteiger partial charge is 0.238 e. The average molecular weight is 410 g/mol. The molecule has 2 N–H and O–H groups in total. The standard InChI is InChI=1S/C21H23N5O2S/c1-14-4-8-16(9-5-14)23-20(28)18-12-19(27)24-21(29-18)25-22-13-15-6-10-17(11-7-15)26(2)3/h4-11,13,18H,12H2,1-3H3,(H,23,28)(H,24,25,27)/b22-13-/t18-/m1/s1. The summed E-state index contributed by atoms with van der Waals surface area (Å²) in [6.07, 6.45) is 1.70. The second-order valence-corrected chi connectivity index (χ2v) is 8.04. The van der Waals surface area contributed by atoms with Gasteiger partial charge in [0.25, 0.3) is 0 Å². The van der Waals surface area contributed by atoms with Crippen LogP contribution in [0.1, 0.15) is 17.5 Å². The molecule has 150 valence electrons. The molecule has 2 aromatic carbocycles. The van der Waals surface area contributed by atoms with Gasteiger partial charge in [-0.15, -0.1) is 5.10 Å². The Hall–Kier alpha value is -3.13. The highest BCUT2D eigenvalue weighted by atomic mass is 32.2. The van der Waals surface area contributed by atoms with E-state index in [9.17, 15) is 9.59 Å². The summed E-state index contributed by atoms with van der Waals surface area (Å²) in [5.74, 6) is -0.484. The van der Waals surface area contributed by atoms with Gasteiger partial charge in [-0.05, 0) is 36.8 Å². The molecule has 1 fully saturated rings. The zero-order chi connectivity index (χ0) is 20.8. The maximum absolute atomic E-state index is 12.5. The zero-order valence-electron chi connectivity index (χ0n) is 16.5. The van der Waals surface area contributed by atoms with Crippen molar-refractivity contribution in [1.82, 2.24) is 5.32 Å². The largest absolute Gasteiger partial charge is 0.378 e. The van der Waals surface area contributed by atoms with Gasteiger partial charge < -0.3 is 15.5 Å². The molecule has 0 aliphatic carbocycles. The van der Waals surface area contributed by atoms with E-state index in [1.54, 1.807) is 6.21 Å². The molecule has 0 bridgehead atoms. The Bertz CT molecular complexity index is 937. The van der Waals surface area contributed by atoms with Crippen LogP contribution in [0.25, 0.3) is 0 Å². The van der Waals surface area contributed by atoms with E-state index in [0.717, 1.165) is 16.8 Å². The Kier molecular flexibility index (Phi) is 6.66. The molecule has 1 aliphatic heterocycles. The predicted octanol–water partition coefficient (Wildman–Crippen LogP) is 3.01. The molecule has 0 spiro atoms. The quantitative estimate of drug-likeness (QED) is 0.587. The van der Waals surface area contributed by atoms with Crippen LogP contribution in [-0.4, -0.2) is 42.5 Å². The molecule has 0 aromatic heterocycles. The van der Waals surface area contributed by atoms with Gasteiger partial charge in [-0.25, -0.2) is 0 Å². The first-order valence-corrected chi connectivity index (χ1v) is 10.0. The molecule has 2 aromatic rings. The molecular formula is C21H23N5O2S. The number of hydrogen-bond acceptors (Lipinski definition) is 6. The molecule has 29 heavy (non-hydrogen) atoms. The number of carbonyl (C=O) groups excluding carboxylic acids is 2. The molecule has 1 saturated heterocycles. The van der Waals surface area contributed by atoms with Crippen molar-refractivity contribution in [2.24, 2.45) is 10.2 Å². The Morgan fingerprint density at radius 3 is 2.52 bits per heavy atom. The van der Waals surface area contributed by atoms with E-state index >= 15 is 0 Å². The van der Waals surface area contributed by atoms with Crippen LogP contribution in [0.2, 0.25) is 0 Å². The molecule has 0 radical (unpaired) electrons. The van der Waals surface area contributed by atoms with Crippen LogP contribution in [0.3, 0.4) is 0 Å². The second kappa shape index (κ2) is 9.38. The van der Waals surface area contributed by atoms with E-state index in [2.05, 4.69) is 20.8 Å². The van der Waals surface area contributed by atoms with Gasteiger partial charge in [0.15, 0.2) is 5.17 Å². The van der Waals surface area contributed by atoms with Gasteiger partial charge in [0.2, 0.25) is 11.8 Å². The van der Waals surface area contributed by atoms with Gasteiger partial charge in [-0.1, -0.05) is 41.6 Å². The van der Waals surface area contributed by atoms with E-state index < -0.39 is 5.25 Å². The average Bonchev–Trinajstić information content (AvgIpc) is 2.69. The maximum Gasteiger partial charge on any atom is 0.238 e. The monoisotopic (exact) mass is 409 g/mol. The summed E-state index contributed by atoms with van der Waals surface area (Å²) in [4.78, 5) is 26.5. The highest BCUT2D eigenvalue weighted by Gasteiger charge is 2.30. The number of thioether (sulfide) groups is 1. The lowest BCUT2D eigenvalue weighted by atomic mass is 10.2. The van der Waals surface area contributed by atoms with Crippen LogP contribution in [-0.2, 0) is 9.59 Å². The topological polar surface area (TPSA) is 86.2 Å². The summed E-state index contributed by atoms with van der Waals surface area (Å²) in [6.45, 7) is 1.98. The van der Waals surface area contributed by atoms with Gasteiger partial charge in [0.05, 0.1) is 6.21 Å². The Labute approximate surface area is 174 Å². The van der Waals surface area contributed by atoms with Gasteiger partial charge in [-0.3, -0.25) is 9.59 Å². The molecule has 3 rings (SSSR count). The Balaban J connectivity index is 1.63. The van der Waals surface area contributed by atoms with Crippen LogP contribution >= 0.6 is 11.8 Å². The summed E-state index contributed by atoms with van der Waals surface area (Å²) in [5, 5.41) is 13.4. The van der Waals surface area contributed by atoms with Crippen LogP contribution in [0.15, 0.2) is 58.7 Å². The van der Waals surface area contributed by atoms with E-state index in [1.807, 2.05) is 74.4 Å². The summed E-state index contributed by atoms with van der Waals surface area (Å²) < 4.78 is 0. The highest BCUT2D eigenvalue weighted by molar-refractivity contribution is 8.15. The van der Waals surface area contributed by atoms with Crippen molar-refractivity contribution >= 4 is 46.3 Å². The third-order valence-electron chi connectivity index (χ3n) is 4.25. The van der Waals surface area contributed by atoms with Crippen LogP contribution in [0.4, 0.5) is 11.4 Å². The van der Waals surface area contributed by atoms with Crippen molar-refractivity contribution in [3.8, 4) is 0 Å². The van der Waals surface area contributed by atoms with Gasteiger partial charge in [0, 0.05) is 31.9 Å². The van der Waals surface area contributed by atoms with Gasteiger partial charge in [0.1, 0.15) is 5.25 Å². The SMILES string of the molecule is Cc1ccc(NC(=O)[C@H]2CC(=O)N/C(=N\N=C/c3ccc(N(C)C)cc3)S2)cc1. The highest BCUT2D eigenvalue weighted by Crippen LogP contribution is 2.22. The van der Waals surface area contributed by atoms with Crippen molar-refractivity contribution in [1.29, 1.82) is 0 Å². The molecule has 7 nitrogen and oxygen atoms in total. The normalized spacial score (nSPS) is 18.0. The molecular weight excluding hydrogens is 386 g/mol. The van der Waals surface area contributed by atoms with Crippen LogP contribution < -0.4 is 15.5 Å². The molecule has 1 heterocycles. The lowest BCUT2D eigenvalue weighted by Gasteiger charge is -2.21. The van der Waals surface area contributed by atoms with Crippen LogP contribution in [0.5, 0.6) is 0 Å². The van der Waals surface area contributed by atoms with Crippen LogP contribution in [0, 0.1) is 6.92 Å². The third-order valence-corrected chi connectivity index (χ3v) is 5.32. The molecule has 1 aliphatic rings. The Morgan fingerprint density at radius 2 is 1.86 bits per heavy atom. The number of carbonyl (C=O) groups is 2. The predicted molar refractivity (Wildman–Crippen MR) is 120 cm³/mol. The number of amides is 2. The minimum Gasteiger partial charge on any atom is -0.378 e. The van der Waals surface area contributed by atoms with E-state index in [1.165, 1.54) is 11.8 Å². The number of rotatable bonds is 5. The fraction of sp³-hybridized carbons (Fsp3) is 0.238. The summed E-state index contributed by atoms with van der Waals surface area (Å²) in [7, 11) is 3.95. The van der Waals surface area contributed by atoms with E-state index in [4.69, 9.17) is 0 Å². The molecule has 0 unspecified atom stereocenters. The Morgan fingerprint density at radius 1 is 1.17 bits per heavy atom. The molecule has 2 amide bonds. The van der Waals surface area contributed by atoms with E-state index in [0.29, 0.717) is 10.9 Å². The molecule has 0 saturated carbocycles. The fourth-order valence-corrected chi connectivity index (χ4v) is 3.54.